The highest BCUT2D eigenvalue weighted by molar-refractivity contribution is 5.92. The molecule has 2 aromatic heterocycles. The first-order valence-electron chi connectivity index (χ1n) is 16.1. The van der Waals surface area contributed by atoms with Crippen molar-refractivity contribution in [2.75, 3.05) is 50.0 Å². The van der Waals surface area contributed by atoms with Crippen LogP contribution in [0.5, 0.6) is 0 Å². The van der Waals surface area contributed by atoms with Gasteiger partial charge in [-0.2, -0.15) is 10.5 Å². The van der Waals surface area contributed by atoms with Crippen LogP contribution in [0.25, 0.3) is 0 Å². The Balaban J connectivity index is 0.000000162. The molecule has 5 heterocycles. The quantitative estimate of drug-likeness (QED) is 0.377. The van der Waals surface area contributed by atoms with E-state index in [0.717, 1.165) is 58.3 Å². The average Bonchev–Trinajstić information content (AvgIpc) is 3.92. The maximum absolute atomic E-state index is 12.3. The van der Waals surface area contributed by atoms with Crippen LogP contribution in [0.1, 0.15) is 42.9 Å². The molecule has 0 saturated carbocycles. The van der Waals surface area contributed by atoms with Gasteiger partial charge in [0.1, 0.15) is 0 Å². The van der Waals surface area contributed by atoms with E-state index >= 15 is 0 Å². The molecule has 0 radical (unpaired) electrons. The van der Waals surface area contributed by atoms with Crippen LogP contribution in [0.4, 0.5) is 11.6 Å². The molecule has 4 aliphatic rings. The fourth-order valence-electron chi connectivity index (χ4n) is 6.69. The summed E-state index contributed by atoms with van der Waals surface area (Å²) in [4.78, 5) is 36.3. The Morgan fingerprint density at radius 1 is 0.826 bits per heavy atom. The topological polar surface area (TPSA) is 157 Å². The Labute approximate surface area is 268 Å². The van der Waals surface area contributed by atoms with Crippen molar-refractivity contribution < 1.29 is 14.3 Å². The summed E-state index contributed by atoms with van der Waals surface area (Å²) in [5.74, 6) is 1.44. The molecule has 3 saturated heterocycles. The molecular formula is C33H40N10O3. The fraction of sp³-hybridized carbons (Fsp3) is 0.515. The van der Waals surface area contributed by atoms with E-state index in [0.29, 0.717) is 49.8 Å². The van der Waals surface area contributed by atoms with Crippen molar-refractivity contribution in [2.45, 2.75) is 51.1 Å². The molecule has 7 rings (SSSR count). The molecule has 2 N–H and O–H groups in total. The van der Waals surface area contributed by atoms with Gasteiger partial charge in [0.25, 0.3) is 0 Å². The first kappa shape index (κ1) is 31.1. The number of rotatable bonds is 7. The van der Waals surface area contributed by atoms with E-state index in [2.05, 4.69) is 61.8 Å². The molecule has 13 heteroatoms. The van der Waals surface area contributed by atoms with E-state index < -0.39 is 0 Å². The maximum Gasteiger partial charge on any atom is 0.230 e. The Hall–Kier alpha value is -4.88. The van der Waals surface area contributed by atoms with E-state index in [1.54, 1.807) is 22.5 Å². The number of nitrogens with one attached hydrogen (secondary N) is 2. The largest absolute Gasteiger partial charge is 0.381 e. The Morgan fingerprint density at radius 3 is 1.96 bits per heavy atom. The molecule has 13 nitrogen and oxygen atoms in total. The molecule has 1 aliphatic carbocycles. The van der Waals surface area contributed by atoms with E-state index in [4.69, 9.17) is 15.3 Å². The van der Waals surface area contributed by atoms with Gasteiger partial charge in [-0.1, -0.05) is 24.3 Å². The zero-order chi connectivity index (χ0) is 31.9. The third kappa shape index (κ3) is 7.66. The zero-order valence-corrected chi connectivity index (χ0v) is 25.9. The summed E-state index contributed by atoms with van der Waals surface area (Å²) in [7, 11) is 0. The average molecular weight is 625 g/mol. The van der Waals surface area contributed by atoms with Gasteiger partial charge in [-0.3, -0.25) is 9.59 Å². The monoisotopic (exact) mass is 624 g/mol. The number of aromatic nitrogens is 4. The Bertz CT molecular complexity index is 1570. The second kappa shape index (κ2) is 14.5. The highest BCUT2D eigenvalue weighted by Gasteiger charge is 2.29. The van der Waals surface area contributed by atoms with Crippen LogP contribution >= 0.6 is 0 Å². The van der Waals surface area contributed by atoms with Gasteiger partial charge in [0.2, 0.25) is 11.8 Å². The van der Waals surface area contributed by atoms with Crippen LogP contribution < -0.4 is 10.6 Å². The molecule has 0 spiro atoms. The van der Waals surface area contributed by atoms with Gasteiger partial charge < -0.3 is 34.3 Å². The number of hydrogen-bond donors (Lipinski definition) is 2. The van der Waals surface area contributed by atoms with E-state index in [1.807, 2.05) is 17.0 Å². The number of hydrogen-bond acceptors (Lipinski definition) is 9. The number of benzene rings is 1. The molecule has 2 atom stereocenters. The van der Waals surface area contributed by atoms with Crippen LogP contribution in [0, 0.1) is 40.7 Å². The number of ether oxygens (including phenoxy) is 1. The number of carbonyl (C=O) groups excluding carboxylic acids is 2. The zero-order valence-electron chi connectivity index (χ0n) is 25.9. The van der Waals surface area contributed by atoms with Crippen molar-refractivity contribution in [2.24, 2.45) is 17.8 Å². The summed E-state index contributed by atoms with van der Waals surface area (Å²) < 4.78 is 9.48. The van der Waals surface area contributed by atoms with Gasteiger partial charge in [-0.25, -0.2) is 9.97 Å². The molecular weight excluding hydrogens is 584 g/mol. The lowest BCUT2D eigenvalue weighted by molar-refractivity contribution is -0.120. The van der Waals surface area contributed by atoms with Gasteiger partial charge in [0, 0.05) is 64.4 Å². The van der Waals surface area contributed by atoms with E-state index in [9.17, 15) is 9.59 Å². The number of imidazole rings is 2. The lowest BCUT2D eigenvalue weighted by Crippen LogP contribution is -2.25. The predicted molar refractivity (Wildman–Crippen MR) is 169 cm³/mol. The highest BCUT2D eigenvalue weighted by atomic mass is 16.5. The van der Waals surface area contributed by atoms with Crippen molar-refractivity contribution in [3.63, 3.8) is 0 Å². The number of amides is 2. The van der Waals surface area contributed by atoms with E-state index in [-0.39, 0.29) is 23.7 Å². The number of anilines is 2. The third-order valence-corrected chi connectivity index (χ3v) is 9.40. The van der Waals surface area contributed by atoms with Gasteiger partial charge in [-0.05, 0) is 55.6 Å². The van der Waals surface area contributed by atoms with Gasteiger partial charge in [0.15, 0.2) is 24.0 Å². The van der Waals surface area contributed by atoms with Crippen molar-refractivity contribution in [1.29, 1.82) is 10.5 Å². The standard InChI is InChI=1S/C18H19N5O.C15H21N5O2/c19-11-22-6-5-15(9-22)18(24)21-17-10-23(12-20-17)16-7-13-3-1-2-4-14(13)8-16;16-10-19-4-1-13(8-19)15(21)18-14-9-20(11-17-14)7-12-2-5-22-6-3-12/h1-4,10,12,15-16H,5-9H2,(H,21,24);9,11-13H,1-8H2,(H,18,21)/t15-;13-/m00/s1. The van der Waals surface area contributed by atoms with Crippen molar-refractivity contribution in [3.05, 3.63) is 60.4 Å². The smallest absolute Gasteiger partial charge is 0.230 e. The molecule has 0 unspecified atom stereocenters. The molecule has 3 fully saturated rings. The minimum atomic E-state index is -0.134. The van der Waals surface area contributed by atoms with Crippen molar-refractivity contribution in [1.82, 2.24) is 28.9 Å². The molecule has 46 heavy (non-hydrogen) atoms. The second-order valence-electron chi connectivity index (χ2n) is 12.6. The minimum absolute atomic E-state index is 0.0472. The number of likely N-dealkylation sites (tertiary alicyclic amines) is 2. The van der Waals surface area contributed by atoms with Crippen molar-refractivity contribution in [3.8, 4) is 12.4 Å². The van der Waals surface area contributed by atoms with Crippen LogP contribution in [0.3, 0.4) is 0 Å². The van der Waals surface area contributed by atoms with Crippen LogP contribution in [-0.4, -0.2) is 80.1 Å². The highest BCUT2D eigenvalue weighted by Crippen LogP contribution is 2.30. The molecule has 1 aromatic carbocycles. The summed E-state index contributed by atoms with van der Waals surface area (Å²) in [5.41, 5.74) is 2.79. The second-order valence-corrected chi connectivity index (χ2v) is 12.6. The molecule has 3 aliphatic heterocycles. The number of nitrogens with zero attached hydrogens (tertiary/aromatic N) is 8. The van der Waals surface area contributed by atoms with Gasteiger partial charge >= 0.3 is 0 Å². The van der Waals surface area contributed by atoms with Gasteiger partial charge in [0.05, 0.1) is 24.5 Å². The first-order valence-corrected chi connectivity index (χ1v) is 16.1. The Morgan fingerprint density at radius 2 is 1.39 bits per heavy atom. The summed E-state index contributed by atoms with van der Waals surface area (Å²) >= 11 is 0. The fourth-order valence-corrected chi connectivity index (χ4v) is 6.69. The molecule has 0 bridgehead atoms. The number of fused-ring (bicyclic) bond motifs is 1. The Kier molecular flexibility index (Phi) is 9.79. The lowest BCUT2D eigenvalue weighted by Gasteiger charge is -2.21. The molecule has 3 aromatic rings. The molecule has 240 valence electrons. The number of nitriles is 2. The van der Waals surface area contributed by atoms with Crippen molar-refractivity contribution >= 4 is 23.5 Å². The summed E-state index contributed by atoms with van der Waals surface area (Å²) in [6.07, 6.45) is 17.1. The third-order valence-electron chi connectivity index (χ3n) is 9.40. The summed E-state index contributed by atoms with van der Waals surface area (Å²) in [6, 6.07) is 8.87. The van der Waals surface area contributed by atoms with Crippen LogP contribution in [0.2, 0.25) is 0 Å². The van der Waals surface area contributed by atoms with Crippen LogP contribution in [0.15, 0.2) is 49.3 Å². The summed E-state index contributed by atoms with van der Waals surface area (Å²) in [6.45, 7) is 4.90. The lowest BCUT2D eigenvalue weighted by atomic mass is 10.0. The number of carbonyl (C=O) groups is 2. The van der Waals surface area contributed by atoms with E-state index in [1.165, 1.54) is 11.1 Å². The van der Waals surface area contributed by atoms with Crippen LogP contribution in [-0.2, 0) is 33.7 Å². The SMILES string of the molecule is N#CN1CC[C@H](C(=O)Nc2cn(C3Cc4ccccc4C3)cn2)C1.N#CN1CC[C@H](C(=O)Nc2cn(CC3CCOCC3)cn2)C1. The minimum Gasteiger partial charge on any atom is -0.381 e. The van der Waals surface area contributed by atoms with Gasteiger partial charge in [-0.15, -0.1) is 0 Å². The first-order chi connectivity index (χ1) is 22.5. The maximum atomic E-state index is 12.3. The summed E-state index contributed by atoms with van der Waals surface area (Å²) in [5, 5.41) is 23.5. The predicted octanol–water partition coefficient (Wildman–Crippen LogP) is 3.02. The molecule has 2 amide bonds. The normalized spacial score (nSPS) is 21.2.